The van der Waals surface area contributed by atoms with Gasteiger partial charge in [0.05, 0.1) is 17.1 Å². The summed E-state index contributed by atoms with van der Waals surface area (Å²) in [4.78, 5) is 19.7. The number of benzene rings is 1. The number of thiophene rings is 1. The number of carbonyl (C=O) groups excluding carboxylic acids is 1. The molecule has 2 heterocycles. The van der Waals surface area contributed by atoms with E-state index >= 15 is 0 Å². The van der Waals surface area contributed by atoms with Crippen molar-refractivity contribution < 1.29 is 4.79 Å². The number of halogens is 1. The molecule has 0 unspecified atom stereocenters. The van der Waals surface area contributed by atoms with Gasteiger partial charge in [0.15, 0.2) is 0 Å². The Balaban J connectivity index is 1.90. The molecule has 0 N–H and O–H groups in total. The maximum absolute atomic E-state index is 12.5. The standard InChI is InChI=1S/C16H13ClN2OS/c1-19(10-11-5-4-8-21-11)16(20)15-9-13(17)12-6-2-3-7-14(12)18-15/h2-9H,10H2,1H3. The van der Waals surface area contributed by atoms with Crippen molar-refractivity contribution in [2.24, 2.45) is 0 Å². The van der Waals surface area contributed by atoms with E-state index in [4.69, 9.17) is 11.6 Å². The summed E-state index contributed by atoms with van der Waals surface area (Å²) in [6.07, 6.45) is 0. The first kappa shape index (κ1) is 14.0. The summed E-state index contributed by atoms with van der Waals surface area (Å²) in [6, 6.07) is 13.2. The van der Waals surface area contributed by atoms with Gasteiger partial charge < -0.3 is 4.90 Å². The molecule has 3 nitrogen and oxygen atoms in total. The zero-order chi connectivity index (χ0) is 14.8. The third-order valence-electron chi connectivity index (χ3n) is 3.20. The second-order valence-electron chi connectivity index (χ2n) is 4.75. The van der Waals surface area contributed by atoms with E-state index in [-0.39, 0.29) is 5.91 Å². The number of para-hydroxylation sites is 1. The minimum Gasteiger partial charge on any atom is -0.335 e. The van der Waals surface area contributed by atoms with Crippen LogP contribution in [-0.2, 0) is 6.54 Å². The van der Waals surface area contributed by atoms with Crippen molar-refractivity contribution in [2.45, 2.75) is 6.54 Å². The van der Waals surface area contributed by atoms with Crippen LogP contribution in [-0.4, -0.2) is 22.8 Å². The summed E-state index contributed by atoms with van der Waals surface area (Å²) in [6.45, 7) is 0.572. The molecule has 0 aliphatic heterocycles. The number of fused-ring (bicyclic) bond motifs is 1. The average molecular weight is 317 g/mol. The van der Waals surface area contributed by atoms with E-state index in [1.54, 1.807) is 29.4 Å². The highest BCUT2D eigenvalue weighted by Crippen LogP contribution is 2.23. The smallest absolute Gasteiger partial charge is 0.272 e. The summed E-state index contributed by atoms with van der Waals surface area (Å²) in [5.74, 6) is -0.129. The Labute approximate surface area is 131 Å². The molecular formula is C16H13ClN2OS. The second-order valence-corrected chi connectivity index (χ2v) is 6.19. The Morgan fingerprint density at radius 3 is 2.86 bits per heavy atom. The molecular weight excluding hydrogens is 304 g/mol. The normalized spacial score (nSPS) is 10.8. The van der Waals surface area contributed by atoms with Crippen molar-refractivity contribution in [3.05, 3.63) is 63.4 Å². The number of rotatable bonds is 3. The number of nitrogens with zero attached hydrogens (tertiary/aromatic N) is 2. The van der Waals surface area contributed by atoms with E-state index in [1.165, 1.54) is 0 Å². The van der Waals surface area contributed by atoms with E-state index in [0.717, 1.165) is 15.8 Å². The minimum atomic E-state index is -0.129. The number of hydrogen-bond acceptors (Lipinski definition) is 3. The van der Waals surface area contributed by atoms with Gasteiger partial charge in [-0.1, -0.05) is 35.9 Å². The molecule has 1 amide bonds. The number of amides is 1. The molecule has 0 aliphatic carbocycles. The maximum Gasteiger partial charge on any atom is 0.272 e. The van der Waals surface area contributed by atoms with Crippen LogP contribution >= 0.6 is 22.9 Å². The number of carbonyl (C=O) groups is 1. The summed E-state index contributed by atoms with van der Waals surface area (Å²) >= 11 is 7.87. The topological polar surface area (TPSA) is 33.2 Å². The lowest BCUT2D eigenvalue weighted by atomic mass is 10.2. The highest BCUT2D eigenvalue weighted by atomic mass is 35.5. The van der Waals surface area contributed by atoms with Gasteiger partial charge in [-0.25, -0.2) is 4.98 Å². The van der Waals surface area contributed by atoms with Crippen molar-refractivity contribution in [1.82, 2.24) is 9.88 Å². The van der Waals surface area contributed by atoms with Crippen LogP contribution in [0.2, 0.25) is 5.02 Å². The zero-order valence-electron chi connectivity index (χ0n) is 11.4. The summed E-state index contributed by atoms with van der Waals surface area (Å²) in [5, 5.41) is 3.41. The number of aromatic nitrogens is 1. The number of pyridine rings is 1. The summed E-state index contributed by atoms with van der Waals surface area (Å²) in [5.41, 5.74) is 1.11. The first-order valence-corrected chi connectivity index (χ1v) is 7.74. The summed E-state index contributed by atoms with van der Waals surface area (Å²) in [7, 11) is 1.77. The van der Waals surface area contributed by atoms with Crippen LogP contribution < -0.4 is 0 Å². The number of hydrogen-bond donors (Lipinski definition) is 0. The van der Waals surface area contributed by atoms with Gasteiger partial charge in [0, 0.05) is 17.3 Å². The molecule has 106 valence electrons. The lowest BCUT2D eigenvalue weighted by molar-refractivity contribution is 0.0781. The first-order valence-electron chi connectivity index (χ1n) is 6.48. The van der Waals surface area contributed by atoms with E-state index in [0.29, 0.717) is 17.3 Å². The molecule has 2 aromatic heterocycles. The molecule has 21 heavy (non-hydrogen) atoms. The minimum absolute atomic E-state index is 0.129. The molecule has 0 saturated heterocycles. The van der Waals surface area contributed by atoms with Crippen LogP contribution in [0.4, 0.5) is 0 Å². The third-order valence-corrected chi connectivity index (χ3v) is 4.38. The molecule has 0 fully saturated rings. The fourth-order valence-corrected chi connectivity index (χ4v) is 3.17. The Hall–Kier alpha value is -1.91. The van der Waals surface area contributed by atoms with Gasteiger partial charge in [0.1, 0.15) is 5.69 Å². The molecule has 0 radical (unpaired) electrons. The van der Waals surface area contributed by atoms with E-state index in [2.05, 4.69) is 4.98 Å². The van der Waals surface area contributed by atoms with Crippen molar-refractivity contribution in [3.8, 4) is 0 Å². The molecule has 3 rings (SSSR count). The zero-order valence-corrected chi connectivity index (χ0v) is 13.0. The third kappa shape index (κ3) is 2.91. The van der Waals surface area contributed by atoms with Gasteiger partial charge in [0.25, 0.3) is 5.91 Å². The van der Waals surface area contributed by atoms with E-state index in [1.807, 2.05) is 41.8 Å². The molecule has 5 heteroatoms. The maximum atomic E-state index is 12.5. The van der Waals surface area contributed by atoms with Gasteiger partial charge in [-0.15, -0.1) is 11.3 Å². The lowest BCUT2D eigenvalue weighted by Gasteiger charge is -2.16. The average Bonchev–Trinajstić information content (AvgIpc) is 2.99. The van der Waals surface area contributed by atoms with E-state index < -0.39 is 0 Å². The fourth-order valence-electron chi connectivity index (χ4n) is 2.15. The van der Waals surface area contributed by atoms with Gasteiger partial charge in [-0.2, -0.15) is 0 Å². The van der Waals surface area contributed by atoms with Crippen molar-refractivity contribution in [2.75, 3.05) is 7.05 Å². The molecule has 0 saturated carbocycles. The van der Waals surface area contributed by atoms with Gasteiger partial charge in [0.2, 0.25) is 0 Å². The second kappa shape index (κ2) is 5.84. The molecule has 3 aromatic rings. The predicted molar refractivity (Wildman–Crippen MR) is 86.9 cm³/mol. The van der Waals surface area contributed by atoms with Crippen LogP contribution in [0.3, 0.4) is 0 Å². The van der Waals surface area contributed by atoms with Crippen LogP contribution in [0.5, 0.6) is 0 Å². The van der Waals surface area contributed by atoms with Crippen molar-refractivity contribution in [1.29, 1.82) is 0 Å². The van der Waals surface area contributed by atoms with Crippen molar-refractivity contribution in [3.63, 3.8) is 0 Å². The SMILES string of the molecule is CN(Cc1cccs1)C(=O)c1cc(Cl)c2ccccc2n1. The largest absolute Gasteiger partial charge is 0.335 e. The Morgan fingerprint density at radius 2 is 2.10 bits per heavy atom. The van der Waals surface area contributed by atoms with Crippen LogP contribution in [0.25, 0.3) is 10.9 Å². The molecule has 0 bridgehead atoms. The lowest BCUT2D eigenvalue weighted by Crippen LogP contribution is -2.26. The van der Waals surface area contributed by atoms with Gasteiger partial charge in [-0.05, 0) is 23.6 Å². The molecule has 0 spiro atoms. The van der Waals surface area contributed by atoms with Crippen LogP contribution in [0.15, 0.2) is 47.8 Å². The Bertz CT molecular complexity index is 786. The van der Waals surface area contributed by atoms with Gasteiger partial charge >= 0.3 is 0 Å². The highest BCUT2D eigenvalue weighted by Gasteiger charge is 2.16. The molecule has 1 aromatic carbocycles. The Morgan fingerprint density at radius 1 is 1.29 bits per heavy atom. The summed E-state index contributed by atoms with van der Waals surface area (Å²) < 4.78 is 0. The van der Waals surface area contributed by atoms with Gasteiger partial charge in [-0.3, -0.25) is 4.79 Å². The van der Waals surface area contributed by atoms with Crippen LogP contribution in [0.1, 0.15) is 15.4 Å². The quantitative estimate of drug-likeness (QED) is 0.724. The fraction of sp³-hybridized carbons (Fsp3) is 0.125. The Kier molecular flexibility index (Phi) is 3.90. The monoisotopic (exact) mass is 316 g/mol. The molecule has 0 atom stereocenters. The first-order chi connectivity index (χ1) is 10.1. The van der Waals surface area contributed by atoms with Crippen molar-refractivity contribution >= 4 is 39.7 Å². The van der Waals surface area contributed by atoms with E-state index in [9.17, 15) is 4.79 Å². The highest BCUT2D eigenvalue weighted by molar-refractivity contribution is 7.09. The molecule has 0 aliphatic rings. The van der Waals surface area contributed by atoms with Crippen LogP contribution in [0, 0.1) is 0 Å². The predicted octanol–water partition coefficient (Wildman–Crippen LogP) is 4.22.